The van der Waals surface area contributed by atoms with Crippen molar-refractivity contribution in [3.63, 3.8) is 0 Å². The number of hydrogen-bond acceptors (Lipinski definition) is 8. The van der Waals surface area contributed by atoms with Crippen LogP contribution in [0.3, 0.4) is 0 Å². The van der Waals surface area contributed by atoms with E-state index in [1.165, 1.54) is 12.3 Å². The molecule has 3 N–H and O–H groups in total. The first-order chi connectivity index (χ1) is 15.7. The molecule has 194 valence electrons. The van der Waals surface area contributed by atoms with E-state index in [0.717, 1.165) is 4.57 Å². The van der Waals surface area contributed by atoms with E-state index in [2.05, 4.69) is 60.4 Å². The molecule has 2 saturated heterocycles. The van der Waals surface area contributed by atoms with Crippen LogP contribution < -0.4 is 11.2 Å². The zero-order chi connectivity index (χ0) is 25.6. The van der Waals surface area contributed by atoms with Gasteiger partial charge in [-0.25, -0.2) is 4.79 Å². The molecule has 0 unspecified atom stereocenters. The predicted molar refractivity (Wildman–Crippen MR) is 131 cm³/mol. The van der Waals surface area contributed by atoms with Crippen LogP contribution in [-0.4, -0.2) is 67.9 Å². The van der Waals surface area contributed by atoms with Crippen molar-refractivity contribution in [1.82, 2.24) is 9.55 Å². The van der Waals surface area contributed by atoms with Crippen LogP contribution in [-0.2, 0) is 17.7 Å². The Labute approximate surface area is 202 Å². The molecule has 0 radical (unpaired) electrons. The molecule has 0 amide bonds. The van der Waals surface area contributed by atoms with Crippen molar-refractivity contribution in [2.24, 2.45) is 0 Å². The van der Waals surface area contributed by atoms with Crippen LogP contribution in [0.2, 0.25) is 22.2 Å². The van der Waals surface area contributed by atoms with E-state index >= 15 is 0 Å². The zero-order valence-electron chi connectivity index (χ0n) is 21.4. The number of aliphatic hydroxyl groups excluding tert-OH is 1. The number of ether oxygens (including phenoxy) is 1. The van der Waals surface area contributed by atoms with Gasteiger partial charge in [0.25, 0.3) is 5.56 Å². The number of nitrogens with zero attached hydrogens (tertiary/aromatic N) is 1. The lowest BCUT2D eigenvalue weighted by Crippen LogP contribution is -2.67. The Bertz CT molecular complexity index is 962. The van der Waals surface area contributed by atoms with Gasteiger partial charge in [0.1, 0.15) is 12.2 Å². The quantitative estimate of drug-likeness (QED) is 0.490. The van der Waals surface area contributed by atoms with Crippen molar-refractivity contribution < 1.29 is 27.9 Å². The Morgan fingerprint density at radius 2 is 1.62 bits per heavy atom. The van der Waals surface area contributed by atoms with Crippen LogP contribution >= 0.6 is 0 Å². The fourth-order valence-electron chi connectivity index (χ4n) is 5.33. The van der Waals surface area contributed by atoms with Gasteiger partial charge in [-0.15, -0.1) is 0 Å². The lowest BCUT2D eigenvalue weighted by atomic mass is 9.95. The highest BCUT2D eigenvalue weighted by atomic mass is 28.5. The third kappa shape index (κ3) is 4.32. The Balaban J connectivity index is 2.18. The van der Waals surface area contributed by atoms with E-state index in [9.17, 15) is 19.8 Å². The smallest absolute Gasteiger partial charge is 0.335 e. The maximum atomic E-state index is 12.6. The number of nitrogens with one attached hydrogen (secondary N) is 1. The molecule has 4 atom stereocenters. The predicted octanol–water partition coefficient (Wildman–Crippen LogP) is 2.11. The summed E-state index contributed by atoms with van der Waals surface area (Å²) in [5, 5.41) is 22.1. The standard InChI is InChI=1S/C22H40N2O8Si2/c1-13(2)33(14(3)4)29-11-17-19(31-34(32-33,15(5)6)16(7)8)22(28,12-25)20(30-17)24-10-9-18(26)23-21(24)27/h9-10,13-17,19-20,25,28H,11-12H2,1-8H3,(H,23,26,27)/t17-,19-,20-,22-/m0/s1. The monoisotopic (exact) mass is 516 g/mol. The Hall–Kier alpha value is -1.13. The number of aromatic nitrogens is 2. The lowest BCUT2D eigenvalue weighted by Gasteiger charge is -2.52. The van der Waals surface area contributed by atoms with Gasteiger partial charge in [0.15, 0.2) is 11.8 Å². The number of H-pyrrole nitrogens is 1. The van der Waals surface area contributed by atoms with Gasteiger partial charge in [-0.1, -0.05) is 55.4 Å². The third-order valence-corrected chi connectivity index (χ3v) is 17.5. The molecule has 10 nitrogen and oxygen atoms in total. The summed E-state index contributed by atoms with van der Waals surface area (Å²) in [6.45, 7) is 16.0. The van der Waals surface area contributed by atoms with Gasteiger partial charge in [-0.3, -0.25) is 14.3 Å². The van der Waals surface area contributed by atoms with E-state index in [1.807, 2.05) is 0 Å². The second-order valence-electron chi connectivity index (χ2n) is 10.7. The Morgan fingerprint density at radius 3 is 2.09 bits per heavy atom. The van der Waals surface area contributed by atoms with Gasteiger partial charge < -0.3 is 27.9 Å². The molecule has 0 aliphatic carbocycles. The highest BCUT2D eigenvalue weighted by Gasteiger charge is 2.65. The van der Waals surface area contributed by atoms with Crippen LogP contribution in [0, 0.1) is 0 Å². The third-order valence-electron chi connectivity index (χ3n) is 7.24. The molecule has 2 aliphatic heterocycles. The first kappa shape index (κ1) is 27.5. The number of hydrogen-bond donors (Lipinski definition) is 3. The molecule has 2 fully saturated rings. The molecule has 3 rings (SSSR count). The number of aliphatic hydroxyl groups is 2. The van der Waals surface area contributed by atoms with E-state index in [4.69, 9.17) is 17.7 Å². The molecule has 1 aromatic heterocycles. The second-order valence-corrected chi connectivity index (χ2v) is 19.6. The van der Waals surface area contributed by atoms with E-state index in [1.54, 1.807) is 0 Å². The van der Waals surface area contributed by atoms with Gasteiger partial charge in [0, 0.05) is 12.3 Å². The minimum atomic E-state index is -3.08. The second kappa shape index (κ2) is 9.73. The average Bonchev–Trinajstić information content (AvgIpc) is 2.98. The maximum absolute atomic E-state index is 12.6. The largest absolute Gasteiger partial charge is 0.414 e. The molecule has 0 bridgehead atoms. The summed E-state index contributed by atoms with van der Waals surface area (Å²) in [4.78, 5) is 26.3. The van der Waals surface area contributed by atoms with E-state index < -0.39 is 59.0 Å². The maximum Gasteiger partial charge on any atom is 0.335 e. The summed E-state index contributed by atoms with van der Waals surface area (Å²) >= 11 is 0. The molecular weight excluding hydrogens is 476 g/mol. The van der Waals surface area contributed by atoms with Crippen LogP contribution in [0.25, 0.3) is 0 Å². The van der Waals surface area contributed by atoms with Gasteiger partial charge >= 0.3 is 22.8 Å². The van der Waals surface area contributed by atoms with Gasteiger partial charge in [-0.05, 0) is 22.2 Å². The molecule has 0 spiro atoms. The van der Waals surface area contributed by atoms with Crippen molar-refractivity contribution >= 4 is 17.1 Å². The van der Waals surface area contributed by atoms with E-state index in [-0.39, 0.29) is 28.8 Å². The minimum absolute atomic E-state index is 0.0111. The van der Waals surface area contributed by atoms with E-state index in [0.29, 0.717) is 0 Å². The van der Waals surface area contributed by atoms with Crippen LogP contribution in [0.15, 0.2) is 21.9 Å². The van der Waals surface area contributed by atoms with Gasteiger partial charge in [0.05, 0.1) is 13.2 Å². The molecule has 1 aromatic rings. The summed E-state index contributed by atoms with van der Waals surface area (Å²) in [6.07, 6.45) is -1.78. The Kier molecular flexibility index (Phi) is 7.86. The summed E-state index contributed by atoms with van der Waals surface area (Å²) in [7, 11) is -5.90. The number of rotatable bonds is 6. The summed E-state index contributed by atoms with van der Waals surface area (Å²) < 4.78 is 27.9. The normalized spacial score (nSPS) is 31.2. The summed E-state index contributed by atoms with van der Waals surface area (Å²) in [5.74, 6) is 0. The molecule has 3 heterocycles. The van der Waals surface area contributed by atoms with Gasteiger partial charge in [0.2, 0.25) is 0 Å². The van der Waals surface area contributed by atoms with Crippen LogP contribution in [0.1, 0.15) is 61.6 Å². The fourth-order valence-corrected chi connectivity index (χ4v) is 16.6. The molecule has 2 aliphatic rings. The lowest BCUT2D eigenvalue weighted by molar-refractivity contribution is -0.134. The van der Waals surface area contributed by atoms with Crippen molar-refractivity contribution in [1.29, 1.82) is 0 Å². The molecular formula is C22H40N2O8Si2. The first-order valence-corrected chi connectivity index (χ1v) is 16.0. The molecule has 12 heteroatoms. The van der Waals surface area contributed by atoms with Crippen molar-refractivity contribution in [2.75, 3.05) is 13.2 Å². The van der Waals surface area contributed by atoms with Crippen molar-refractivity contribution in [2.45, 2.75) is 102 Å². The van der Waals surface area contributed by atoms with Crippen LogP contribution in [0.5, 0.6) is 0 Å². The number of fused-ring (bicyclic) bond motifs is 1. The van der Waals surface area contributed by atoms with Gasteiger partial charge in [-0.2, -0.15) is 0 Å². The van der Waals surface area contributed by atoms with Crippen LogP contribution in [0.4, 0.5) is 0 Å². The molecule has 34 heavy (non-hydrogen) atoms. The number of aromatic amines is 1. The molecule has 0 saturated carbocycles. The fraction of sp³-hybridized carbons (Fsp3) is 0.818. The topological polar surface area (TPSA) is 132 Å². The zero-order valence-corrected chi connectivity index (χ0v) is 23.4. The van der Waals surface area contributed by atoms with Crippen molar-refractivity contribution in [3.05, 3.63) is 33.1 Å². The SMILES string of the molecule is CC(C)[Si]1(C(C)C)OC[C@@H]2O[C@H](n3ccc(=O)[nH]c3=O)[C@](O)(CO)[C@H]2O[Si](C(C)C)(C(C)C)O1. The van der Waals surface area contributed by atoms with Crippen molar-refractivity contribution in [3.8, 4) is 0 Å². The first-order valence-electron chi connectivity index (χ1n) is 12.1. The summed E-state index contributed by atoms with van der Waals surface area (Å²) in [5.41, 5.74) is -2.99. The highest BCUT2D eigenvalue weighted by Crippen LogP contribution is 2.50. The Morgan fingerprint density at radius 1 is 1.06 bits per heavy atom. The highest BCUT2D eigenvalue weighted by molar-refractivity contribution is 6.84. The minimum Gasteiger partial charge on any atom is -0.414 e. The summed E-state index contributed by atoms with van der Waals surface area (Å²) in [6, 6.07) is 1.17. The molecule has 0 aromatic carbocycles. The average molecular weight is 517 g/mol.